The van der Waals surface area contributed by atoms with E-state index in [1.165, 1.54) is 41.3 Å². The van der Waals surface area contributed by atoms with E-state index in [0.717, 1.165) is 21.0 Å². The molecule has 9 heteroatoms. The Morgan fingerprint density at radius 2 is 1.41 bits per heavy atom. The number of halogens is 1. The highest BCUT2D eigenvalue weighted by atomic mass is 32.2. The summed E-state index contributed by atoms with van der Waals surface area (Å²) in [5, 5.41) is 2.81. The number of anilines is 1. The summed E-state index contributed by atoms with van der Waals surface area (Å²) in [6.07, 6.45) is 0. The lowest BCUT2D eigenvalue weighted by Crippen LogP contribution is -2.52. The fourth-order valence-corrected chi connectivity index (χ4v) is 5.63. The maximum Gasteiger partial charge on any atom is 0.264 e. The normalized spacial score (nSPS) is 12.2. The topological polar surface area (TPSA) is 86.8 Å². The fourth-order valence-electron chi connectivity index (χ4n) is 4.24. The molecular formula is C30H36FN3O4S. The Hall–Kier alpha value is -3.72. The van der Waals surface area contributed by atoms with Crippen molar-refractivity contribution >= 4 is 27.5 Å². The van der Waals surface area contributed by atoms with E-state index in [1.54, 1.807) is 31.2 Å². The van der Waals surface area contributed by atoms with E-state index >= 15 is 0 Å². The summed E-state index contributed by atoms with van der Waals surface area (Å²) < 4.78 is 42.4. The Morgan fingerprint density at radius 1 is 0.846 bits per heavy atom. The third-order valence-electron chi connectivity index (χ3n) is 6.25. The molecule has 208 valence electrons. The maximum absolute atomic E-state index is 13.9. The number of sulfonamides is 1. The van der Waals surface area contributed by atoms with E-state index in [4.69, 9.17) is 0 Å². The lowest BCUT2D eigenvalue weighted by molar-refractivity contribution is -0.139. The molecule has 0 fully saturated rings. The maximum atomic E-state index is 13.9. The van der Waals surface area contributed by atoms with Gasteiger partial charge in [0, 0.05) is 12.6 Å². The number of hydrogen-bond acceptors (Lipinski definition) is 4. The van der Waals surface area contributed by atoms with Crippen molar-refractivity contribution in [1.29, 1.82) is 0 Å². The summed E-state index contributed by atoms with van der Waals surface area (Å²) >= 11 is 0. The van der Waals surface area contributed by atoms with Gasteiger partial charge in [0.05, 0.1) is 10.6 Å². The zero-order chi connectivity index (χ0) is 28.9. The molecule has 0 bridgehead atoms. The number of carbonyl (C=O) groups is 2. The van der Waals surface area contributed by atoms with Gasteiger partial charge in [0.25, 0.3) is 10.0 Å². The molecule has 7 nitrogen and oxygen atoms in total. The van der Waals surface area contributed by atoms with Gasteiger partial charge in [0.1, 0.15) is 18.4 Å². The Labute approximate surface area is 230 Å². The van der Waals surface area contributed by atoms with Crippen LogP contribution in [0, 0.1) is 26.6 Å². The second-order valence-corrected chi connectivity index (χ2v) is 12.0. The molecule has 3 rings (SSSR count). The van der Waals surface area contributed by atoms with Gasteiger partial charge in [0.15, 0.2) is 0 Å². The van der Waals surface area contributed by atoms with E-state index < -0.39 is 34.3 Å². The SMILES string of the molecule is Cc1ccc(S(=O)(=O)N(CC(=O)N(Cc2ccc(F)cc2)[C@H](C)C(=O)NC(C)C)c2cc(C)cc(C)c2)cc1. The van der Waals surface area contributed by atoms with E-state index in [-0.39, 0.29) is 23.4 Å². The van der Waals surface area contributed by atoms with Gasteiger partial charge in [-0.25, -0.2) is 12.8 Å². The molecule has 0 saturated carbocycles. The first-order valence-electron chi connectivity index (χ1n) is 12.8. The molecule has 39 heavy (non-hydrogen) atoms. The zero-order valence-electron chi connectivity index (χ0n) is 23.2. The van der Waals surface area contributed by atoms with Crippen LogP contribution in [0.5, 0.6) is 0 Å². The van der Waals surface area contributed by atoms with Gasteiger partial charge in [-0.05, 0) is 94.6 Å². The monoisotopic (exact) mass is 553 g/mol. The van der Waals surface area contributed by atoms with E-state index in [9.17, 15) is 22.4 Å². The minimum atomic E-state index is -4.14. The highest BCUT2D eigenvalue weighted by Gasteiger charge is 2.32. The lowest BCUT2D eigenvalue weighted by Gasteiger charge is -2.32. The first-order valence-corrected chi connectivity index (χ1v) is 14.2. The molecule has 0 unspecified atom stereocenters. The number of benzene rings is 3. The van der Waals surface area contributed by atoms with Crippen molar-refractivity contribution in [3.8, 4) is 0 Å². The number of hydrogen-bond donors (Lipinski definition) is 1. The quantitative estimate of drug-likeness (QED) is 0.387. The average molecular weight is 554 g/mol. The standard InChI is InChI=1S/C30H36FN3O4S/c1-20(2)32-30(36)24(6)33(18-25-9-11-26(31)12-10-25)29(35)19-34(27-16-22(4)15-23(5)17-27)39(37,38)28-13-7-21(3)8-14-28/h7-17,20,24H,18-19H2,1-6H3,(H,32,36)/t24-/m1/s1. The molecule has 3 aromatic rings. The Kier molecular flexibility index (Phi) is 9.50. The van der Waals surface area contributed by atoms with Gasteiger partial charge in [-0.1, -0.05) is 35.9 Å². The first kappa shape index (κ1) is 29.8. The van der Waals surface area contributed by atoms with E-state index in [2.05, 4.69) is 5.32 Å². The fraction of sp³-hybridized carbons (Fsp3) is 0.333. The molecule has 1 N–H and O–H groups in total. The van der Waals surface area contributed by atoms with Gasteiger partial charge < -0.3 is 10.2 Å². The predicted octanol–water partition coefficient (Wildman–Crippen LogP) is 4.89. The van der Waals surface area contributed by atoms with Crippen LogP contribution in [0.15, 0.2) is 71.6 Å². The predicted molar refractivity (Wildman–Crippen MR) is 151 cm³/mol. The summed E-state index contributed by atoms with van der Waals surface area (Å²) in [6.45, 7) is 10.3. The molecule has 0 aromatic heterocycles. The van der Waals surface area contributed by atoms with Gasteiger partial charge in [-0.2, -0.15) is 0 Å². The highest BCUT2D eigenvalue weighted by molar-refractivity contribution is 7.92. The molecule has 1 atom stereocenters. The minimum Gasteiger partial charge on any atom is -0.352 e. The first-order chi connectivity index (χ1) is 18.3. The summed E-state index contributed by atoms with van der Waals surface area (Å²) in [6, 6.07) is 16.3. The van der Waals surface area contributed by atoms with Gasteiger partial charge in [-0.15, -0.1) is 0 Å². The van der Waals surface area contributed by atoms with Gasteiger partial charge >= 0.3 is 0 Å². The molecule has 0 aliphatic rings. The van der Waals surface area contributed by atoms with Crippen molar-refractivity contribution < 1.29 is 22.4 Å². The molecule has 3 aromatic carbocycles. The zero-order valence-corrected chi connectivity index (χ0v) is 24.0. The number of carbonyl (C=O) groups excluding carboxylic acids is 2. The summed E-state index contributed by atoms with van der Waals surface area (Å²) in [5.41, 5.74) is 3.54. The van der Waals surface area contributed by atoms with Crippen LogP contribution in [-0.2, 0) is 26.2 Å². The van der Waals surface area contributed by atoms with Crippen LogP contribution in [0.1, 0.15) is 43.0 Å². The molecule has 0 radical (unpaired) electrons. The largest absolute Gasteiger partial charge is 0.352 e. The molecule has 2 amide bonds. The number of amides is 2. The molecule has 0 aliphatic heterocycles. The smallest absolute Gasteiger partial charge is 0.264 e. The number of nitrogens with one attached hydrogen (secondary N) is 1. The minimum absolute atomic E-state index is 0.00292. The average Bonchev–Trinajstić information content (AvgIpc) is 2.85. The van der Waals surface area contributed by atoms with Crippen LogP contribution < -0.4 is 9.62 Å². The van der Waals surface area contributed by atoms with Crippen LogP contribution in [-0.4, -0.2) is 43.8 Å². The number of aryl methyl sites for hydroxylation is 3. The van der Waals surface area contributed by atoms with Crippen LogP contribution in [0.2, 0.25) is 0 Å². The van der Waals surface area contributed by atoms with Crippen molar-refractivity contribution in [2.75, 3.05) is 10.8 Å². The second-order valence-electron chi connectivity index (χ2n) is 10.2. The van der Waals surface area contributed by atoms with Gasteiger partial charge in [0.2, 0.25) is 11.8 Å². The van der Waals surface area contributed by atoms with Crippen LogP contribution in [0.3, 0.4) is 0 Å². The van der Waals surface area contributed by atoms with Crippen LogP contribution >= 0.6 is 0 Å². The molecule has 0 spiro atoms. The third-order valence-corrected chi connectivity index (χ3v) is 8.03. The summed E-state index contributed by atoms with van der Waals surface area (Å²) in [4.78, 5) is 28.2. The Morgan fingerprint density at radius 3 is 1.95 bits per heavy atom. The molecule has 0 saturated heterocycles. The third kappa shape index (κ3) is 7.66. The van der Waals surface area contributed by atoms with Crippen LogP contribution in [0.4, 0.5) is 10.1 Å². The van der Waals surface area contributed by atoms with E-state index in [1.807, 2.05) is 40.7 Å². The summed E-state index contributed by atoms with van der Waals surface area (Å²) in [7, 11) is -4.14. The molecular weight excluding hydrogens is 517 g/mol. The lowest BCUT2D eigenvalue weighted by atomic mass is 10.1. The highest BCUT2D eigenvalue weighted by Crippen LogP contribution is 2.27. The van der Waals surface area contributed by atoms with Crippen molar-refractivity contribution in [3.05, 3.63) is 94.8 Å². The number of nitrogens with zero attached hydrogens (tertiary/aromatic N) is 2. The molecule has 0 aliphatic carbocycles. The van der Waals surface area contributed by atoms with Crippen molar-refractivity contribution in [3.63, 3.8) is 0 Å². The van der Waals surface area contributed by atoms with Crippen molar-refractivity contribution in [2.24, 2.45) is 0 Å². The Balaban J connectivity index is 2.06. The van der Waals surface area contributed by atoms with Crippen molar-refractivity contribution in [2.45, 2.75) is 65.1 Å². The number of rotatable bonds is 10. The van der Waals surface area contributed by atoms with E-state index in [0.29, 0.717) is 11.3 Å². The van der Waals surface area contributed by atoms with Crippen molar-refractivity contribution in [1.82, 2.24) is 10.2 Å². The summed E-state index contributed by atoms with van der Waals surface area (Å²) in [5.74, 6) is -1.37. The van der Waals surface area contributed by atoms with Crippen LogP contribution in [0.25, 0.3) is 0 Å². The second kappa shape index (κ2) is 12.4. The molecule has 0 heterocycles. The van der Waals surface area contributed by atoms with Gasteiger partial charge in [-0.3, -0.25) is 13.9 Å². The Bertz CT molecular complexity index is 1400.